The van der Waals surface area contributed by atoms with Crippen LogP contribution in [0.5, 0.6) is 5.75 Å². The summed E-state index contributed by atoms with van der Waals surface area (Å²) < 4.78 is 11.8. The van der Waals surface area contributed by atoms with Crippen LogP contribution < -0.4 is 15.0 Å². The molecule has 1 spiro atoms. The Morgan fingerprint density at radius 3 is 2.45 bits per heavy atom. The van der Waals surface area contributed by atoms with Gasteiger partial charge in [-0.2, -0.15) is 0 Å². The number of hydrogen-bond acceptors (Lipinski definition) is 6. The molecule has 47 heavy (non-hydrogen) atoms. The molecule has 0 radical (unpaired) electrons. The van der Waals surface area contributed by atoms with Gasteiger partial charge < -0.3 is 29.7 Å². The molecule has 3 atom stereocenters. The van der Waals surface area contributed by atoms with Gasteiger partial charge in [0.1, 0.15) is 5.75 Å². The van der Waals surface area contributed by atoms with Crippen LogP contribution in [0.3, 0.4) is 0 Å². The molecule has 0 aliphatic carbocycles. The third-order valence-corrected chi connectivity index (χ3v) is 9.04. The van der Waals surface area contributed by atoms with Gasteiger partial charge in [-0.15, -0.1) is 0 Å². The zero-order valence-electron chi connectivity index (χ0n) is 26.6. The standard InChI is InChI=1S/C38H39N3O6/c1-26-21-32(23-35(43)40(19-20-42)24-27-9-4-3-5-10-27)47-38(26)33-13-6-7-14-34(33)41(37(38)45)25-28-11-8-12-30(22-28)39-36(44)29-15-17-31(46-2)18-16-29/h3-18,22,26,32,42H,19-21,23-25H2,1-2H3,(H,39,44)/t26-,32-,38+/m0/s1. The average Bonchev–Trinajstić information content (AvgIpc) is 3.54. The lowest BCUT2D eigenvalue weighted by atomic mass is 9.83. The average molecular weight is 634 g/mol. The number of amides is 3. The van der Waals surface area contributed by atoms with Gasteiger partial charge in [-0.1, -0.05) is 67.6 Å². The molecule has 2 N–H and O–H groups in total. The van der Waals surface area contributed by atoms with Gasteiger partial charge in [0.15, 0.2) is 5.60 Å². The van der Waals surface area contributed by atoms with Crippen LogP contribution in [0.2, 0.25) is 0 Å². The summed E-state index contributed by atoms with van der Waals surface area (Å²) in [5.41, 5.74) is 3.31. The number of carbonyl (C=O) groups is 3. The molecule has 0 saturated carbocycles. The normalized spacial score (nSPS) is 19.9. The lowest BCUT2D eigenvalue weighted by molar-refractivity contribution is -0.150. The first-order chi connectivity index (χ1) is 22.8. The van der Waals surface area contributed by atoms with Crippen LogP contribution in [0.1, 0.15) is 46.8 Å². The van der Waals surface area contributed by atoms with Gasteiger partial charge in [-0.25, -0.2) is 0 Å². The Morgan fingerprint density at radius 2 is 1.70 bits per heavy atom. The molecule has 2 aliphatic rings. The monoisotopic (exact) mass is 633 g/mol. The van der Waals surface area contributed by atoms with E-state index in [-0.39, 0.29) is 49.8 Å². The van der Waals surface area contributed by atoms with Crippen LogP contribution in [0.15, 0.2) is 103 Å². The van der Waals surface area contributed by atoms with Crippen molar-refractivity contribution < 1.29 is 29.0 Å². The zero-order valence-corrected chi connectivity index (χ0v) is 26.6. The SMILES string of the molecule is COc1ccc(C(=O)Nc2cccc(CN3C(=O)[C@]4(O[C@H](CC(=O)N(CCO)Cc5ccccc5)C[C@@H]4C)c4ccccc43)c2)cc1. The number of ether oxygens (including phenoxy) is 2. The van der Waals surface area contributed by atoms with Gasteiger partial charge in [0.2, 0.25) is 5.91 Å². The summed E-state index contributed by atoms with van der Waals surface area (Å²) in [5, 5.41) is 12.6. The second-order valence-electron chi connectivity index (χ2n) is 12.1. The minimum atomic E-state index is -1.21. The van der Waals surface area contributed by atoms with E-state index < -0.39 is 11.7 Å². The predicted molar refractivity (Wildman–Crippen MR) is 179 cm³/mol. The van der Waals surface area contributed by atoms with Crippen molar-refractivity contribution in [2.24, 2.45) is 5.92 Å². The molecular formula is C38H39N3O6. The lowest BCUT2D eigenvalue weighted by Gasteiger charge is -2.28. The maximum Gasteiger partial charge on any atom is 0.264 e. The lowest BCUT2D eigenvalue weighted by Crippen LogP contribution is -2.44. The van der Waals surface area contributed by atoms with Crippen molar-refractivity contribution in [3.8, 4) is 5.75 Å². The molecule has 0 aromatic heterocycles. The van der Waals surface area contributed by atoms with Crippen LogP contribution in [-0.4, -0.2) is 54.1 Å². The highest BCUT2D eigenvalue weighted by molar-refractivity contribution is 6.07. The number of benzene rings is 4. The molecular weight excluding hydrogens is 594 g/mol. The predicted octanol–water partition coefficient (Wildman–Crippen LogP) is 5.53. The van der Waals surface area contributed by atoms with E-state index in [0.717, 1.165) is 22.4 Å². The van der Waals surface area contributed by atoms with Crippen molar-refractivity contribution in [3.05, 3.63) is 125 Å². The van der Waals surface area contributed by atoms with Gasteiger partial charge in [0.05, 0.1) is 38.5 Å². The number of anilines is 2. The number of nitrogens with zero attached hydrogens (tertiary/aromatic N) is 2. The number of nitrogens with one attached hydrogen (secondary N) is 1. The maximum absolute atomic E-state index is 14.4. The minimum absolute atomic E-state index is 0.115. The smallest absolute Gasteiger partial charge is 0.264 e. The molecule has 4 aromatic rings. The Morgan fingerprint density at radius 1 is 0.979 bits per heavy atom. The first kappa shape index (κ1) is 32.0. The quantitative estimate of drug-likeness (QED) is 0.225. The third kappa shape index (κ3) is 6.50. The van der Waals surface area contributed by atoms with Crippen LogP contribution in [0.25, 0.3) is 0 Å². The van der Waals surface area contributed by atoms with Gasteiger partial charge >= 0.3 is 0 Å². The van der Waals surface area contributed by atoms with E-state index in [0.29, 0.717) is 30.0 Å². The number of fused-ring (bicyclic) bond motifs is 2. The van der Waals surface area contributed by atoms with Crippen LogP contribution >= 0.6 is 0 Å². The van der Waals surface area contributed by atoms with E-state index in [1.807, 2.05) is 85.8 Å². The second kappa shape index (κ2) is 13.8. The molecule has 242 valence electrons. The topological polar surface area (TPSA) is 108 Å². The number of carbonyl (C=O) groups excluding carboxylic acids is 3. The minimum Gasteiger partial charge on any atom is -0.497 e. The summed E-state index contributed by atoms with van der Waals surface area (Å²) in [7, 11) is 1.58. The number of aliphatic hydroxyl groups is 1. The molecule has 2 aliphatic heterocycles. The highest BCUT2D eigenvalue weighted by Crippen LogP contribution is 2.53. The Bertz CT molecular complexity index is 1740. The Hall–Kier alpha value is -4.99. The van der Waals surface area contributed by atoms with E-state index in [1.165, 1.54) is 0 Å². The second-order valence-corrected chi connectivity index (χ2v) is 12.1. The first-order valence-electron chi connectivity index (χ1n) is 15.9. The number of rotatable bonds is 11. The van der Waals surface area contributed by atoms with Crippen molar-refractivity contribution in [1.29, 1.82) is 0 Å². The van der Waals surface area contributed by atoms with Crippen LogP contribution in [0, 0.1) is 5.92 Å². The first-order valence-corrected chi connectivity index (χ1v) is 15.9. The molecule has 9 nitrogen and oxygen atoms in total. The van der Waals surface area contributed by atoms with E-state index >= 15 is 0 Å². The Labute approximate surface area is 274 Å². The Balaban J connectivity index is 1.18. The molecule has 1 fully saturated rings. The van der Waals surface area contributed by atoms with Gasteiger partial charge in [0.25, 0.3) is 11.8 Å². The number of methoxy groups -OCH3 is 1. The highest BCUT2D eigenvalue weighted by atomic mass is 16.5. The molecule has 3 amide bonds. The fraction of sp³-hybridized carbons (Fsp3) is 0.289. The van der Waals surface area contributed by atoms with Crippen molar-refractivity contribution >= 4 is 29.1 Å². The maximum atomic E-state index is 14.4. The summed E-state index contributed by atoms with van der Waals surface area (Å²) in [6.07, 6.45) is 0.206. The summed E-state index contributed by atoms with van der Waals surface area (Å²) in [6.45, 7) is 2.76. The molecule has 0 bridgehead atoms. The van der Waals surface area contributed by atoms with Crippen molar-refractivity contribution in [3.63, 3.8) is 0 Å². The molecule has 4 aromatic carbocycles. The van der Waals surface area contributed by atoms with Gasteiger partial charge in [-0.3, -0.25) is 14.4 Å². The van der Waals surface area contributed by atoms with Gasteiger partial charge in [-0.05, 0) is 60.0 Å². The summed E-state index contributed by atoms with van der Waals surface area (Å²) >= 11 is 0. The number of para-hydroxylation sites is 1. The number of hydrogen-bond donors (Lipinski definition) is 2. The van der Waals surface area contributed by atoms with Crippen molar-refractivity contribution in [2.75, 3.05) is 30.5 Å². The fourth-order valence-corrected chi connectivity index (χ4v) is 6.72. The molecule has 1 saturated heterocycles. The van der Waals surface area contributed by atoms with E-state index in [1.54, 1.807) is 41.2 Å². The molecule has 6 rings (SSSR count). The summed E-state index contributed by atoms with van der Waals surface area (Å²) in [6, 6.07) is 31.7. The summed E-state index contributed by atoms with van der Waals surface area (Å²) in [4.78, 5) is 44.2. The van der Waals surface area contributed by atoms with E-state index in [2.05, 4.69) is 5.32 Å². The summed E-state index contributed by atoms with van der Waals surface area (Å²) in [5.74, 6) is -0.0374. The fourth-order valence-electron chi connectivity index (χ4n) is 6.72. The Kier molecular flexibility index (Phi) is 9.38. The highest BCUT2D eigenvalue weighted by Gasteiger charge is 2.60. The van der Waals surface area contributed by atoms with Crippen molar-refractivity contribution in [1.82, 2.24) is 4.90 Å². The van der Waals surface area contributed by atoms with E-state index in [9.17, 15) is 19.5 Å². The van der Waals surface area contributed by atoms with Crippen molar-refractivity contribution in [2.45, 2.75) is 44.6 Å². The molecule has 2 heterocycles. The molecule has 0 unspecified atom stereocenters. The molecule has 9 heteroatoms. The van der Waals surface area contributed by atoms with Crippen LogP contribution in [0.4, 0.5) is 11.4 Å². The third-order valence-electron chi connectivity index (χ3n) is 9.04. The number of aliphatic hydroxyl groups excluding tert-OH is 1. The van der Waals surface area contributed by atoms with Gasteiger partial charge in [0, 0.05) is 35.8 Å². The van der Waals surface area contributed by atoms with Crippen LogP contribution in [-0.2, 0) is 33.0 Å². The van der Waals surface area contributed by atoms with E-state index in [4.69, 9.17) is 9.47 Å². The largest absolute Gasteiger partial charge is 0.497 e. The zero-order chi connectivity index (χ0) is 33.0.